The van der Waals surface area contributed by atoms with Crippen molar-refractivity contribution in [1.82, 2.24) is 9.38 Å². The maximum Gasteiger partial charge on any atom is 0.147 e. The van der Waals surface area contributed by atoms with Crippen LogP contribution in [0, 0.1) is 0 Å². The van der Waals surface area contributed by atoms with Crippen LogP contribution in [0.3, 0.4) is 0 Å². The molecule has 0 spiro atoms. The molecule has 0 unspecified atom stereocenters. The van der Waals surface area contributed by atoms with Crippen molar-refractivity contribution in [3.05, 3.63) is 169 Å². The lowest BCUT2D eigenvalue weighted by molar-refractivity contribution is 0.660. The fourth-order valence-electron chi connectivity index (χ4n) is 8.79. The molecule has 2 aromatic heterocycles. The summed E-state index contributed by atoms with van der Waals surface area (Å²) in [5, 5.41) is 8.62. The van der Waals surface area contributed by atoms with Crippen LogP contribution in [-0.2, 0) is 5.41 Å². The maximum absolute atomic E-state index is 5.22. The molecule has 2 nitrogen and oxygen atoms in total. The van der Waals surface area contributed by atoms with Crippen LogP contribution in [0.15, 0.2) is 158 Å². The zero-order valence-electron chi connectivity index (χ0n) is 27.9. The van der Waals surface area contributed by atoms with Crippen LogP contribution in [0.5, 0.6) is 0 Å². The van der Waals surface area contributed by atoms with Crippen LogP contribution >= 0.6 is 0 Å². The molecular formula is C48H32N2. The second-order valence-electron chi connectivity index (χ2n) is 14.4. The summed E-state index contributed by atoms with van der Waals surface area (Å²) < 4.78 is 2.37. The number of hydrogen-bond acceptors (Lipinski definition) is 1. The van der Waals surface area contributed by atoms with E-state index < -0.39 is 0 Å². The number of imidazole rings is 1. The summed E-state index contributed by atoms with van der Waals surface area (Å²) in [6, 6.07) is 58.2. The summed E-state index contributed by atoms with van der Waals surface area (Å²) in [5.74, 6) is 0. The quantitative estimate of drug-likeness (QED) is 0.173. The lowest BCUT2D eigenvalue weighted by Crippen LogP contribution is -2.14. The minimum atomic E-state index is -0.0117. The highest BCUT2D eigenvalue weighted by molar-refractivity contribution is 6.23. The molecule has 2 heterocycles. The Bertz CT molecular complexity index is 3070. The summed E-state index contributed by atoms with van der Waals surface area (Å²) in [7, 11) is 0. The minimum absolute atomic E-state index is 0.0117. The lowest BCUT2D eigenvalue weighted by atomic mass is 9.81. The van der Waals surface area contributed by atoms with Gasteiger partial charge in [0.05, 0.1) is 16.6 Å². The summed E-state index contributed by atoms with van der Waals surface area (Å²) in [5.41, 5.74) is 14.8. The predicted octanol–water partition coefficient (Wildman–Crippen LogP) is 12.7. The van der Waals surface area contributed by atoms with Gasteiger partial charge in [-0.15, -0.1) is 0 Å². The summed E-state index contributed by atoms with van der Waals surface area (Å²) in [6.07, 6.45) is 0. The maximum atomic E-state index is 5.22. The molecule has 50 heavy (non-hydrogen) atoms. The fourth-order valence-corrected chi connectivity index (χ4v) is 8.79. The van der Waals surface area contributed by atoms with Gasteiger partial charge in [0.1, 0.15) is 5.65 Å². The number of hydrogen-bond donors (Lipinski definition) is 0. The van der Waals surface area contributed by atoms with Crippen LogP contribution in [0.1, 0.15) is 25.0 Å². The van der Waals surface area contributed by atoms with Gasteiger partial charge in [-0.05, 0) is 108 Å². The van der Waals surface area contributed by atoms with Crippen LogP contribution in [0.4, 0.5) is 0 Å². The van der Waals surface area contributed by atoms with E-state index in [4.69, 9.17) is 4.98 Å². The minimum Gasteiger partial charge on any atom is -0.292 e. The Balaban J connectivity index is 1.05. The number of rotatable bonds is 2. The largest absolute Gasteiger partial charge is 0.292 e. The van der Waals surface area contributed by atoms with Crippen LogP contribution in [0.2, 0.25) is 0 Å². The van der Waals surface area contributed by atoms with Gasteiger partial charge in [-0.2, -0.15) is 0 Å². The SMILES string of the molecule is CC1(C)c2ccccc2-c2ccc(-c3ccc4cc(-c5ccc6c7ccc8ccccc8c7c7nc8ccccc8n7c6c5)ccc4c3)cc21. The molecule has 1 aliphatic carbocycles. The van der Waals surface area contributed by atoms with E-state index in [1.165, 1.54) is 87.7 Å². The average Bonchev–Trinajstić information content (AvgIpc) is 3.66. The molecule has 0 radical (unpaired) electrons. The Labute approximate surface area is 289 Å². The van der Waals surface area contributed by atoms with E-state index in [-0.39, 0.29) is 5.41 Å². The third kappa shape index (κ3) is 3.76. The molecule has 0 saturated carbocycles. The Hall–Kier alpha value is -6.25. The van der Waals surface area contributed by atoms with Crippen molar-refractivity contribution in [2.75, 3.05) is 0 Å². The van der Waals surface area contributed by atoms with Crippen LogP contribution in [-0.4, -0.2) is 9.38 Å². The second-order valence-corrected chi connectivity index (χ2v) is 14.4. The highest BCUT2D eigenvalue weighted by Crippen LogP contribution is 2.49. The van der Waals surface area contributed by atoms with Gasteiger partial charge < -0.3 is 0 Å². The van der Waals surface area contributed by atoms with E-state index in [2.05, 4.69) is 176 Å². The molecule has 0 fully saturated rings. The molecule has 234 valence electrons. The third-order valence-electron chi connectivity index (χ3n) is 11.3. The first-order valence-electron chi connectivity index (χ1n) is 17.5. The van der Waals surface area contributed by atoms with Gasteiger partial charge in [0.15, 0.2) is 0 Å². The van der Waals surface area contributed by atoms with Gasteiger partial charge in [0, 0.05) is 16.2 Å². The Morgan fingerprint density at radius 1 is 0.440 bits per heavy atom. The number of pyridine rings is 1. The molecule has 11 rings (SSSR count). The lowest BCUT2D eigenvalue weighted by Gasteiger charge is -2.22. The first kappa shape index (κ1) is 27.7. The number of aromatic nitrogens is 2. The number of benzene rings is 8. The fraction of sp³-hybridized carbons (Fsp3) is 0.0625. The van der Waals surface area contributed by atoms with Crippen molar-refractivity contribution in [3.8, 4) is 33.4 Å². The number of nitrogens with zero attached hydrogens (tertiary/aromatic N) is 2. The van der Waals surface area contributed by atoms with Crippen molar-refractivity contribution in [2.45, 2.75) is 19.3 Å². The van der Waals surface area contributed by atoms with Gasteiger partial charge in [0.25, 0.3) is 0 Å². The van der Waals surface area contributed by atoms with Gasteiger partial charge >= 0.3 is 0 Å². The Morgan fingerprint density at radius 2 is 1.06 bits per heavy atom. The zero-order chi connectivity index (χ0) is 33.1. The zero-order valence-corrected chi connectivity index (χ0v) is 27.9. The highest BCUT2D eigenvalue weighted by atomic mass is 15.0. The molecule has 2 heteroatoms. The average molecular weight is 637 g/mol. The molecule has 0 aliphatic heterocycles. The van der Waals surface area contributed by atoms with E-state index in [1.54, 1.807) is 0 Å². The van der Waals surface area contributed by atoms with Gasteiger partial charge in [0.2, 0.25) is 0 Å². The van der Waals surface area contributed by atoms with E-state index in [9.17, 15) is 0 Å². The van der Waals surface area contributed by atoms with Crippen LogP contribution in [0.25, 0.3) is 93.3 Å². The third-order valence-corrected chi connectivity index (χ3v) is 11.3. The molecule has 0 saturated heterocycles. The first-order valence-corrected chi connectivity index (χ1v) is 17.5. The topological polar surface area (TPSA) is 17.3 Å². The molecule has 0 amide bonds. The molecule has 1 aliphatic rings. The molecule has 10 aromatic rings. The number of fused-ring (bicyclic) bond motifs is 14. The van der Waals surface area contributed by atoms with Crippen molar-refractivity contribution >= 4 is 59.9 Å². The van der Waals surface area contributed by atoms with Crippen LogP contribution < -0.4 is 0 Å². The molecule has 0 N–H and O–H groups in total. The van der Waals surface area contributed by atoms with Crippen molar-refractivity contribution in [3.63, 3.8) is 0 Å². The summed E-state index contributed by atoms with van der Waals surface area (Å²) >= 11 is 0. The molecular weight excluding hydrogens is 605 g/mol. The second kappa shape index (κ2) is 9.90. The highest BCUT2D eigenvalue weighted by Gasteiger charge is 2.35. The molecule has 0 atom stereocenters. The molecule has 0 bridgehead atoms. The Kier molecular flexibility index (Phi) is 5.48. The smallest absolute Gasteiger partial charge is 0.147 e. The summed E-state index contributed by atoms with van der Waals surface area (Å²) in [4.78, 5) is 5.22. The van der Waals surface area contributed by atoms with E-state index in [0.29, 0.717) is 0 Å². The summed E-state index contributed by atoms with van der Waals surface area (Å²) in [6.45, 7) is 4.70. The van der Waals surface area contributed by atoms with Crippen molar-refractivity contribution in [1.29, 1.82) is 0 Å². The van der Waals surface area contributed by atoms with E-state index in [1.807, 2.05) is 0 Å². The van der Waals surface area contributed by atoms with Gasteiger partial charge in [-0.1, -0.05) is 135 Å². The van der Waals surface area contributed by atoms with Crippen molar-refractivity contribution in [2.24, 2.45) is 0 Å². The van der Waals surface area contributed by atoms with E-state index >= 15 is 0 Å². The molecule has 8 aromatic carbocycles. The van der Waals surface area contributed by atoms with Gasteiger partial charge in [-0.3, -0.25) is 4.40 Å². The number of para-hydroxylation sites is 2. The van der Waals surface area contributed by atoms with Gasteiger partial charge in [-0.25, -0.2) is 4.98 Å². The van der Waals surface area contributed by atoms with Crippen molar-refractivity contribution < 1.29 is 0 Å². The monoisotopic (exact) mass is 636 g/mol. The standard InChI is InChI=1S/C48H32N2/c1-48(2)41-12-6-5-11-37(41)38-22-20-34(27-42(38)48)32-17-15-31-26-33(18-16-30(31)25-32)35-21-23-39-40-24-19-29-9-3-4-10-36(29)46(40)47-49-43-13-7-8-14-44(43)50(47)45(39)28-35/h3-28H,1-2H3. The predicted molar refractivity (Wildman–Crippen MR) is 211 cm³/mol. The van der Waals surface area contributed by atoms with E-state index in [0.717, 1.165) is 16.7 Å². The Morgan fingerprint density at radius 3 is 1.92 bits per heavy atom. The first-order chi connectivity index (χ1) is 24.5. The normalized spacial score (nSPS) is 13.6.